The molecule has 0 aliphatic carbocycles. The Bertz CT molecular complexity index is 337. The topological polar surface area (TPSA) is 28.4 Å². The first-order valence-corrected chi connectivity index (χ1v) is 7.76. The number of nitrogens with one attached hydrogen (secondary N) is 1. The number of furan rings is 1. The van der Waals surface area contributed by atoms with Gasteiger partial charge in [0.05, 0.1) is 6.26 Å². The normalized spacial score (nSPS) is 21.9. The van der Waals surface area contributed by atoms with Crippen LogP contribution in [0, 0.1) is 5.92 Å². The van der Waals surface area contributed by atoms with Crippen molar-refractivity contribution in [3.8, 4) is 0 Å². The van der Waals surface area contributed by atoms with E-state index in [1.165, 1.54) is 38.9 Å². The Hall–Kier alpha value is -0.800. The Morgan fingerprint density at radius 3 is 3.16 bits per heavy atom. The summed E-state index contributed by atoms with van der Waals surface area (Å²) in [6.07, 6.45) is 6.61. The Balaban J connectivity index is 1.65. The molecule has 0 radical (unpaired) electrons. The lowest BCUT2D eigenvalue weighted by molar-refractivity contribution is 0.234. The molecule has 0 spiro atoms. The second kappa shape index (κ2) is 7.71. The fraction of sp³-hybridized carbons (Fsp3) is 0.750. The van der Waals surface area contributed by atoms with E-state index in [-0.39, 0.29) is 0 Å². The molecule has 0 saturated carbocycles. The number of nitrogens with zero attached hydrogens (tertiary/aromatic N) is 1. The van der Waals surface area contributed by atoms with Crippen LogP contribution in [-0.2, 0) is 6.42 Å². The van der Waals surface area contributed by atoms with Crippen molar-refractivity contribution in [1.29, 1.82) is 0 Å². The van der Waals surface area contributed by atoms with Crippen LogP contribution in [0.15, 0.2) is 22.8 Å². The molecule has 1 fully saturated rings. The van der Waals surface area contributed by atoms with Gasteiger partial charge in [0.1, 0.15) is 5.76 Å². The zero-order chi connectivity index (χ0) is 13.5. The summed E-state index contributed by atoms with van der Waals surface area (Å²) in [6, 6.07) is 4.72. The van der Waals surface area contributed by atoms with E-state index in [1.54, 1.807) is 6.26 Å². The third kappa shape index (κ3) is 4.66. The van der Waals surface area contributed by atoms with Gasteiger partial charge in [0.2, 0.25) is 0 Å². The van der Waals surface area contributed by atoms with Gasteiger partial charge in [0.25, 0.3) is 0 Å². The quantitative estimate of drug-likeness (QED) is 0.732. The van der Waals surface area contributed by atoms with Gasteiger partial charge >= 0.3 is 0 Å². The predicted molar refractivity (Wildman–Crippen MR) is 79.3 cm³/mol. The summed E-state index contributed by atoms with van der Waals surface area (Å²) in [7, 11) is 0. The molecule has 2 atom stereocenters. The largest absolute Gasteiger partial charge is 0.469 e. The second-order valence-corrected chi connectivity index (χ2v) is 5.82. The molecule has 2 heterocycles. The first kappa shape index (κ1) is 14.6. The first-order valence-electron chi connectivity index (χ1n) is 7.76. The van der Waals surface area contributed by atoms with Crippen molar-refractivity contribution in [2.45, 2.75) is 45.6 Å². The molecule has 3 nitrogen and oxygen atoms in total. The highest BCUT2D eigenvalue weighted by Crippen LogP contribution is 2.20. The standard InChI is InChI=1S/C16H28N2O/c1-3-9-17-12-15-8-10-18(13-15)14(2)6-7-16-5-4-11-19-16/h4-5,11,14-15,17H,3,6-10,12-13H2,1-2H3. The average molecular weight is 264 g/mol. The maximum Gasteiger partial charge on any atom is 0.103 e. The van der Waals surface area contributed by atoms with E-state index in [1.807, 2.05) is 6.07 Å². The molecule has 0 aromatic carbocycles. The number of rotatable bonds is 8. The zero-order valence-electron chi connectivity index (χ0n) is 12.4. The fourth-order valence-electron chi connectivity index (χ4n) is 2.90. The molecule has 1 aromatic rings. The predicted octanol–water partition coefficient (Wildman–Crippen LogP) is 2.92. The van der Waals surface area contributed by atoms with Gasteiger partial charge in [-0.3, -0.25) is 0 Å². The highest BCUT2D eigenvalue weighted by molar-refractivity contribution is 4.98. The van der Waals surface area contributed by atoms with Crippen molar-refractivity contribution in [2.24, 2.45) is 5.92 Å². The smallest absolute Gasteiger partial charge is 0.103 e. The van der Waals surface area contributed by atoms with Gasteiger partial charge in [-0.05, 0) is 63.9 Å². The minimum atomic E-state index is 0.668. The average Bonchev–Trinajstić information content (AvgIpc) is 3.07. The molecule has 2 rings (SSSR count). The van der Waals surface area contributed by atoms with Crippen molar-refractivity contribution in [1.82, 2.24) is 10.2 Å². The molecule has 0 amide bonds. The summed E-state index contributed by atoms with van der Waals surface area (Å²) in [5, 5.41) is 3.55. The lowest BCUT2D eigenvalue weighted by atomic mass is 10.1. The molecule has 3 heteroatoms. The summed E-state index contributed by atoms with van der Waals surface area (Å²) in [5.74, 6) is 1.96. The number of likely N-dealkylation sites (tertiary alicyclic amines) is 1. The van der Waals surface area contributed by atoms with E-state index in [4.69, 9.17) is 4.42 Å². The molecule has 1 N–H and O–H groups in total. The van der Waals surface area contributed by atoms with Crippen molar-refractivity contribution >= 4 is 0 Å². The lowest BCUT2D eigenvalue weighted by Crippen LogP contribution is -2.33. The van der Waals surface area contributed by atoms with Crippen LogP contribution < -0.4 is 5.32 Å². The van der Waals surface area contributed by atoms with Crippen LogP contribution >= 0.6 is 0 Å². The van der Waals surface area contributed by atoms with Crippen LogP contribution in [0.1, 0.15) is 38.9 Å². The third-order valence-corrected chi connectivity index (χ3v) is 4.19. The maximum absolute atomic E-state index is 5.40. The summed E-state index contributed by atoms with van der Waals surface area (Å²) in [5.41, 5.74) is 0. The lowest BCUT2D eigenvalue weighted by Gasteiger charge is -2.24. The zero-order valence-corrected chi connectivity index (χ0v) is 12.4. The fourth-order valence-corrected chi connectivity index (χ4v) is 2.90. The van der Waals surface area contributed by atoms with Gasteiger partial charge in [-0.1, -0.05) is 6.92 Å². The Kier molecular flexibility index (Phi) is 5.93. The number of hydrogen-bond acceptors (Lipinski definition) is 3. The SMILES string of the molecule is CCCNCC1CCN(C(C)CCc2ccco2)C1. The maximum atomic E-state index is 5.40. The summed E-state index contributed by atoms with van der Waals surface area (Å²) in [6.45, 7) is 9.45. The third-order valence-electron chi connectivity index (χ3n) is 4.19. The van der Waals surface area contributed by atoms with Crippen LogP contribution in [0.4, 0.5) is 0 Å². The van der Waals surface area contributed by atoms with E-state index in [2.05, 4.69) is 30.1 Å². The molecule has 19 heavy (non-hydrogen) atoms. The van der Waals surface area contributed by atoms with Crippen molar-refractivity contribution in [3.05, 3.63) is 24.2 Å². The van der Waals surface area contributed by atoms with Gasteiger partial charge in [-0.2, -0.15) is 0 Å². The Labute approximate surface area is 117 Å². The molecule has 1 aromatic heterocycles. The Morgan fingerprint density at radius 2 is 2.42 bits per heavy atom. The van der Waals surface area contributed by atoms with E-state index >= 15 is 0 Å². The first-order chi connectivity index (χ1) is 9.29. The molecule has 1 aliphatic heterocycles. The van der Waals surface area contributed by atoms with Gasteiger partial charge in [-0.25, -0.2) is 0 Å². The van der Waals surface area contributed by atoms with Crippen molar-refractivity contribution in [3.63, 3.8) is 0 Å². The van der Waals surface area contributed by atoms with Crippen LogP contribution in [0.2, 0.25) is 0 Å². The minimum Gasteiger partial charge on any atom is -0.469 e. The van der Waals surface area contributed by atoms with Crippen LogP contribution in [0.3, 0.4) is 0 Å². The van der Waals surface area contributed by atoms with E-state index in [0.29, 0.717) is 6.04 Å². The van der Waals surface area contributed by atoms with Gasteiger partial charge in [-0.15, -0.1) is 0 Å². The highest BCUT2D eigenvalue weighted by atomic mass is 16.3. The Morgan fingerprint density at radius 1 is 1.53 bits per heavy atom. The molecule has 108 valence electrons. The van der Waals surface area contributed by atoms with Crippen molar-refractivity contribution in [2.75, 3.05) is 26.2 Å². The van der Waals surface area contributed by atoms with Crippen LogP contribution in [-0.4, -0.2) is 37.1 Å². The monoisotopic (exact) mass is 264 g/mol. The second-order valence-electron chi connectivity index (χ2n) is 5.82. The van der Waals surface area contributed by atoms with Gasteiger partial charge in [0, 0.05) is 19.0 Å². The summed E-state index contributed by atoms with van der Waals surface area (Å²) < 4.78 is 5.40. The number of hydrogen-bond donors (Lipinski definition) is 1. The molecule has 2 unspecified atom stereocenters. The van der Waals surface area contributed by atoms with Gasteiger partial charge < -0.3 is 14.6 Å². The molecular formula is C16H28N2O. The van der Waals surface area contributed by atoms with Gasteiger partial charge in [0.15, 0.2) is 0 Å². The van der Waals surface area contributed by atoms with Crippen LogP contribution in [0.25, 0.3) is 0 Å². The molecule has 0 bridgehead atoms. The molecule has 1 saturated heterocycles. The highest BCUT2D eigenvalue weighted by Gasteiger charge is 2.25. The summed E-state index contributed by atoms with van der Waals surface area (Å²) in [4.78, 5) is 2.64. The van der Waals surface area contributed by atoms with E-state index in [0.717, 1.165) is 24.6 Å². The molecular weight excluding hydrogens is 236 g/mol. The summed E-state index contributed by atoms with van der Waals surface area (Å²) >= 11 is 0. The van der Waals surface area contributed by atoms with Crippen LogP contribution in [0.5, 0.6) is 0 Å². The van der Waals surface area contributed by atoms with Crippen molar-refractivity contribution < 1.29 is 4.42 Å². The number of aryl methyl sites for hydroxylation is 1. The van der Waals surface area contributed by atoms with E-state index < -0.39 is 0 Å². The van der Waals surface area contributed by atoms with E-state index in [9.17, 15) is 0 Å². The minimum absolute atomic E-state index is 0.668. The molecule has 1 aliphatic rings.